The summed E-state index contributed by atoms with van der Waals surface area (Å²) in [6.45, 7) is 0.359. The molecule has 0 aliphatic rings. The standard InChI is InChI=1S/C15H14F3NO/c1-20-14-7-2-10(9-19)8-13(14)11-3-5-12(6-4-11)15(16,17)18/h2-8H,9,19H2,1H3. The van der Waals surface area contributed by atoms with Crippen molar-refractivity contribution in [3.8, 4) is 16.9 Å². The number of methoxy groups -OCH3 is 1. The van der Waals surface area contributed by atoms with Gasteiger partial charge in [-0.25, -0.2) is 0 Å². The average molecular weight is 281 g/mol. The van der Waals surface area contributed by atoms with Crippen molar-refractivity contribution >= 4 is 0 Å². The largest absolute Gasteiger partial charge is 0.496 e. The predicted molar refractivity (Wildman–Crippen MR) is 71.3 cm³/mol. The smallest absolute Gasteiger partial charge is 0.416 e. The number of hydrogen-bond donors (Lipinski definition) is 1. The maximum atomic E-state index is 12.5. The first-order chi connectivity index (χ1) is 9.45. The summed E-state index contributed by atoms with van der Waals surface area (Å²) in [6.07, 6.45) is -4.33. The van der Waals surface area contributed by atoms with Gasteiger partial charge in [0.2, 0.25) is 0 Å². The Bertz CT molecular complexity index is 591. The monoisotopic (exact) mass is 281 g/mol. The van der Waals surface area contributed by atoms with E-state index in [1.807, 2.05) is 12.1 Å². The Balaban J connectivity index is 2.45. The number of alkyl halides is 3. The number of hydrogen-bond acceptors (Lipinski definition) is 2. The Morgan fingerprint density at radius 3 is 2.20 bits per heavy atom. The van der Waals surface area contributed by atoms with Gasteiger partial charge in [-0.2, -0.15) is 13.2 Å². The van der Waals surface area contributed by atoms with Crippen LogP contribution in [0.1, 0.15) is 11.1 Å². The van der Waals surface area contributed by atoms with Crippen LogP contribution < -0.4 is 10.5 Å². The highest BCUT2D eigenvalue weighted by Gasteiger charge is 2.30. The quantitative estimate of drug-likeness (QED) is 0.927. The zero-order valence-electron chi connectivity index (χ0n) is 10.9. The van der Waals surface area contributed by atoms with Gasteiger partial charge in [-0.05, 0) is 35.4 Å². The van der Waals surface area contributed by atoms with Crippen LogP contribution in [-0.4, -0.2) is 7.11 Å². The highest BCUT2D eigenvalue weighted by Crippen LogP contribution is 2.34. The molecule has 2 rings (SSSR count). The zero-order valence-corrected chi connectivity index (χ0v) is 10.9. The van der Waals surface area contributed by atoms with E-state index in [1.165, 1.54) is 19.2 Å². The number of rotatable bonds is 3. The molecule has 0 heterocycles. The lowest BCUT2D eigenvalue weighted by molar-refractivity contribution is -0.137. The second kappa shape index (κ2) is 5.54. The summed E-state index contributed by atoms with van der Waals surface area (Å²) in [5.74, 6) is 0.599. The number of ether oxygens (including phenoxy) is 1. The van der Waals surface area contributed by atoms with Crippen molar-refractivity contribution in [1.82, 2.24) is 0 Å². The molecular formula is C15H14F3NO. The maximum absolute atomic E-state index is 12.5. The van der Waals surface area contributed by atoms with Gasteiger partial charge in [-0.3, -0.25) is 0 Å². The van der Waals surface area contributed by atoms with E-state index in [4.69, 9.17) is 10.5 Å². The average Bonchev–Trinajstić information content (AvgIpc) is 2.45. The molecule has 0 radical (unpaired) electrons. The van der Waals surface area contributed by atoms with E-state index in [0.717, 1.165) is 23.3 Å². The van der Waals surface area contributed by atoms with Gasteiger partial charge in [-0.15, -0.1) is 0 Å². The summed E-state index contributed by atoms with van der Waals surface area (Å²) in [4.78, 5) is 0. The Labute approximate surface area is 115 Å². The van der Waals surface area contributed by atoms with Crippen molar-refractivity contribution in [2.45, 2.75) is 12.7 Å². The molecule has 0 bridgehead atoms. The Morgan fingerprint density at radius 2 is 1.70 bits per heavy atom. The van der Waals surface area contributed by atoms with Crippen molar-refractivity contribution in [2.24, 2.45) is 5.73 Å². The van der Waals surface area contributed by atoms with Crippen LogP contribution in [0.4, 0.5) is 13.2 Å². The Hall–Kier alpha value is -2.01. The first-order valence-corrected chi connectivity index (χ1v) is 6.00. The van der Waals surface area contributed by atoms with Crippen molar-refractivity contribution in [2.75, 3.05) is 7.11 Å². The third kappa shape index (κ3) is 2.93. The molecule has 0 unspecified atom stereocenters. The molecule has 0 aliphatic heterocycles. The number of halogens is 3. The van der Waals surface area contributed by atoms with Gasteiger partial charge in [0.1, 0.15) is 5.75 Å². The molecule has 0 atom stereocenters. The summed E-state index contributed by atoms with van der Waals surface area (Å²) in [6, 6.07) is 10.4. The van der Waals surface area contributed by atoms with E-state index in [2.05, 4.69) is 0 Å². The molecule has 2 nitrogen and oxygen atoms in total. The summed E-state index contributed by atoms with van der Waals surface area (Å²) in [5, 5.41) is 0. The van der Waals surface area contributed by atoms with E-state index in [1.54, 1.807) is 6.07 Å². The van der Waals surface area contributed by atoms with Crippen molar-refractivity contribution in [3.63, 3.8) is 0 Å². The molecule has 0 aliphatic carbocycles. The van der Waals surface area contributed by atoms with Crippen LogP contribution in [-0.2, 0) is 12.7 Å². The molecule has 2 N–H and O–H groups in total. The highest BCUT2D eigenvalue weighted by molar-refractivity contribution is 5.71. The maximum Gasteiger partial charge on any atom is 0.416 e. The van der Waals surface area contributed by atoms with E-state index in [9.17, 15) is 13.2 Å². The van der Waals surface area contributed by atoms with E-state index in [0.29, 0.717) is 17.9 Å². The molecule has 0 fully saturated rings. The van der Waals surface area contributed by atoms with Crippen LogP contribution >= 0.6 is 0 Å². The van der Waals surface area contributed by atoms with Gasteiger partial charge in [0, 0.05) is 12.1 Å². The van der Waals surface area contributed by atoms with Crippen molar-refractivity contribution in [3.05, 3.63) is 53.6 Å². The van der Waals surface area contributed by atoms with Crippen molar-refractivity contribution < 1.29 is 17.9 Å². The van der Waals surface area contributed by atoms with Gasteiger partial charge in [-0.1, -0.05) is 18.2 Å². The lowest BCUT2D eigenvalue weighted by Crippen LogP contribution is -2.04. The SMILES string of the molecule is COc1ccc(CN)cc1-c1ccc(C(F)(F)F)cc1. The topological polar surface area (TPSA) is 35.2 Å². The molecule has 0 amide bonds. The van der Waals surface area contributed by atoms with Crippen LogP contribution in [0.2, 0.25) is 0 Å². The molecule has 0 aromatic heterocycles. The first kappa shape index (κ1) is 14.4. The van der Waals surface area contributed by atoms with Gasteiger partial charge < -0.3 is 10.5 Å². The first-order valence-electron chi connectivity index (χ1n) is 6.00. The summed E-state index contributed by atoms with van der Waals surface area (Å²) >= 11 is 0. The third-order valence-electron chi connectivity index (χ3n) is 3.02. The molecule has 2 aromatic rings. The summed E-state index contributed by atoms with van der Waals surface area (Å²) in [7, 11) is 1.52. The summed E-state index contributed by atoms with van der Waals surface area (Å²) < 4.78 is 42.9. The second-order valence-corrected chi connectivity index (χ2v) is 4.31. The van der Waals surface area contributed by atoms with E-state index < -0.39 is 11.7 Å². The fourth-order valence-corrected chi connectivity index (χ4v) is 1.95. The number of benzene rings is 2. The third-order valence-corrected chi connectivity index (χ3v) is 3.02. The minimum absolute atomic E-state index is 0.359. The molecule has 0 saturated heterocycles. The van der Waals surface area contributed by atoms with Gasteiger partial charge >= 0.3 is 6.18 Å². The van der Waals surface area contributed by atoms with E-state index >= 15 is 0 Å². The Morgan fingerprint density at radius 1 is 1.05 bits per heavy atom. The zero-order chi connectivity index (χ0) is 14.8. The lowest BCUT2D eigenvalue weighted by Gasteiger charge is -2.12. The molecule has 2 aromatic carbocycles. The minimum atomic E-state index is -4.33. The van der Waals surface area contributed by atoms with Gasteiger partial charge in [0.25, 0.3) is 0 Å². The molecule has 5 heteroatoms. The van der Waals surface area contributed by atoms with Crippen molar-refractivity contribution in [1.29, 1.82) is 0 Å². The normalized spacial score (nSPS) is 11.4. The molecule has 0 spiro atoms. The lowest BCUT2D eigenvalue weighted by atomic mass is 10.0. The highest BCUT2D eigenvalue weighted by atomic mass is 19.4. The number of nitrogens with two attached hydrogens (primary N) is 1. The van der Waals surface area contributed by atoms with Gasteiger partial charge in [0.05, 0.1) is 12.7 Å². The minimum Gasteiger partial charge on any atom is -0.496 e. The molecule has 106 valence electrons. The van der Waals surface area contributed by atoms with E-state index in [-0.39, 0.29) is 0 Å². The molecular weight excluding hydrogens is 267 g/mol. The fraction of sp³-hybridized carbons (Fsp3) is 0.200. The van der Waals surface area contributed by atoms with Crippen LogP contribution in [0.25, 0.3) is 11.1 Å². The molecule has 0 saturated carbocycles. The van der Waals surface area contributed by atoms with Crippen LogP contribution in [0.15, 0.2) is 42.5 Å². The second-order valence-electron chi connectivity index (χ2n) is 4.31. The van der Waals surface area contributed by atoms with Gasteiger partial charge in [0.15, 0.2) is 0 Å². The predicted octanol–water partition coefficient (Wildman–Crippen LogP) is 3.84. The summed E-state index contributed by atoms with van der Waals surface area (Å²) in [5.41, 5.74) is 7.18. The Kier molecular flexibility index (Phi) is 3.99. The molecule has 20 heavy (non-hydrogen) atoms. The fourth-order valence-electron chi connectivity index (χ4n) is 1.95. The van der Waals surface area contributed by atoms with Crippen LogP contribution in [0.5, 0.6) is 5.75 Å². The van der Waals surface area contributed by atoms with Crippen LogP contribution in [0.3, 0.4) is 0 Å². The van der Waals surface area contributed by atoms with Crippen LogP contribution in [0, 0.1) is 0 Å².